The Bertz CT molecular complexity index is 427. The summed E-state index contributed by atoms with van der Waals surface area (Å²) < 4.78 is 0. The summed E-state index contributed by atoms with van der Waals surface area (Å²) in [5, 5.41) is 17.8. The van der Waals surface area contributed by atoms with Crippen molar-refractivity contribution in [1.82, 2.24) is 0 Å². The van der Waals surface area contributed by atoms with Crippen LogP contribution in [0.25, 0.3) is 0 Å². The van der Waals surface area contributed by atoms with E-state index >= 15 is 0 Å². The molecule has 0 radical (unpaired) electrons. The zero-order chi connectivity index (χ0) is 14.3. The fourth-order valence-electron chi connectivity index (χ4n) is 1.59. The summed E-state index contributed by atoms with van der Waals surface area (Å²) in [6.45, 7) is 0.0218. The number of ketones is 1. The van der Waals surface area contributed by atoms with Crippen LogP contribution in [-0.4, -0.2) is 52.4 Å². The summed E-state index contributed by atoms with van der Waals surface area (Å²) in [7, 11) is -0.310. The van der Waals surface area contributed by atoms with E-state index in [0.717, 1.165) is 0 Å². The molecule has 0 fully saturated rings. The average Bonchev–Trinajstić information content (AvgIpc) is 2.39. The highest BCUT2D eigenvalue weighted by Gasteiger charge is 2.22. The van der Waals surface area contributed by atoms with Gasteiger partial charge < -0.3 is 15.9 Å². The molecular weight excluding hydrogens is 266 g/mol. The monoisotopic (exact) mass is 284 g/mol. The third-order valence-electron chi connectivity index (χ3n) is 2.59. The van der Waals surface area contributed by atoms with Gasteiger partial charge in [-0.25, -0.2) is 0 Å². The first-order valence-electron chi connectivity index (χ1n) is 5.87. The van der Waals surface area contributed by atoms with Crippen molar-refractivity contribution >= 4 is 22.6 Å². The third kappa shape index (κ3) is 5.02. The largest absolute Gasteiger partial charge is 0.391 e. The van der Waals surface area contributed by atoms with Crippen molar-refractivity contribution in [1.29, 1.82) is 0 Å². The highest BCUT2D eigenvalue weighted by Crippen LogP contribution is 2.08. The van der Waals surface area contributed by atoms with Gasteiger partial charge in [-0.15, -0.1) is 0 Å². The lowest BCUT2D eigenvalue weighted by Crippen LogP contribution is -2.25. The van der Waals surface area contributed by atoms with Crippen molar-refractivity contribution in [2.75, 3.05) is 30.5 Å². The molecule has 1 rings (SSSR count). The predicted octanol–water partition coefficient (Wildman–Crippen LogP) is -0.429. The van der Waals surface area contributed by atoms with E-state index in [1.165, 1.54) is 12.1 Å². The molecule has 1 aromatic carbocycles. The lowest BCUT2D eigenvalue weighted by Gasteiger charge is -2.06. The first-order valence-corrected chi connectivity index (χ1v) is 7.60. The van der Waals surface area contributed by atoms with Gasteiger partial charge in [0.2, 0.25) is 11.7 Å². The molecule has 0 aliphatic heterocycles. The van der Waals surface area contributed by atoms with Crippen LogP contribution in [0.1, 0.15) is 20.7 Å². The van der Waals surface area contributed by atoms with Crippen LogP contribution in [0.2, 0.25) is 0 Å². The minimum atomic E-state index is -0.528. The average molecular weight is 284 g/mol. The molecule has 0 bridgehead atoms. The van der Waals surface area contributed by atoms with Crippen molar-refractivity contribution < 1.29 is 19.8 Å². The first kappa shape index (κ1) is 15.7. The molecule has 0 aromatic heterocycles. The summed E-state index contributed by atoms with van der Waals surface area (Å²) in [6.07, 6.45) is 0. The number of hydrogen-bond donors (Lipinski definition) is 3. The lowest BCUT2D eigenvalue weighted by molar-refractivity contribution is 0.0994. The summed E-state index contributed by atoms with van der Waals surface area (Å²) in [5.41, 5.74) is 6.00. The van der Waals surface area contributed by atoms with E-state index in [0.29, 0.717) is 28.4 Å². The Morgan fingerprint density at radius 2 is 1.47 bits per heavy atom. The zero-order valence-corrected chi connectivity index (χ0v) is 11.4. The molecule has 0 heterocycles. The number of amides is 1. The van der Waals surface area contributed by atoms with Gasteiger partial charge in [0, 0.05) is 22.0 Å². The third-order valence-corrected chi connectivity index (χ3v) is 4.78. The van der Waals surface area contributed by atoms with Crippen molar-refractivity contribution in [3.8, 4) is 0 Å². The molecule has 4 N–H and O–H groups in total. The normalized spacial score (nSPS) is 10.7. The minimum absolute atomic E-state index is 0.0109. The van der Waals surface area contributed by atoms with Gasteiger partial charge in [0.05, 0.1) is 13.2 Å². The Morgan fingerprint density at radius 3 is 1.89 bits per heavy atom. The van der Waals surface area contributed by atoms with E-state index in [4.69, 9.17) is 15.9 Å². The maximum absolute atomic E-state index is 12.0. The molecule has 0 aliphatic carbocycles. The molecule has 0 atom stereocenters. The molecule has 0 spiro atoms. The van der Waals surface area contributed by atoms with Crippen LogP contribution < -0.4 is 5.73 Å². The van der Waals surface area contributed by atoms with Gasteiger partial charge in [-0.1, -0.05) is 12.1 Å². The number of nitrogens with two attached hydrogens (primary N) is 1. The second kappa shape index (κ2) is 7.93. The summed E-state index contributed by atoms with van der Waals surface area (Å²) in [4.78, 5) is 22.9. The van der Waals surface area contributed by atoms with Crippen LogP contribution in [0.3, 0.4) is 0 Å². The number of benzene rings is 1. The smallest absolute Gasteiger partial charge is 0.248 e. The summed E-state index contributed by atoms with van der Waals surface area (Å²) >= 11 is 0. The van der Waals surface area contributed by atoms with E-state index < -0.39 is 5.91 Å². The SMILES string of the molecule is NC(=O)c1ccc(C(=O)C[S+](CCO)CCO)cc1. The second-order valence-electron chi connectivity index (χ2n) is 3.98. The molecular formula is C13H18NO4S+. The fourth-order valence-corrected chi connectivity index (χ4v) is 3.14. The van der Waals surface area contributed by atoms with Gasteiger partial charge in [0.15, 0.2) is 5.75 Å². The zero-order valence-electron chi connectivity index (χ0n) is 10.5. The number of Topliss-reactive ketones (excluding diaryl/α,β-unsaturated/α-hetero) is 1. The number of carbonyl (C=O) groups excluding carboxylic acids is 2. The quantitative estimate of drug-likeness (QED) is 0.445. The molecule has 1 amide bonds. The number of aliphatic hydroxyl groups excluding tert-OH is 2. The Labute approximate surface area is 114 Å². The van der Waals surface area contributed by atoms with Crippen LogP contribution in [0.5, 0.6) is 0 Å². The van der Waals surface area contributed by atoms with Crippen LogP contribution in [0.4, 0.5) is 0 Å². The second-order valence-corrected chi connectivity index (χ2v) is 6.31. The highest BCUT2D eigenvalue weighted by atomic mass is 32.2. The number of primary amides is 1. The molecule has 0 aliphatic rings. The topological polar surface area (TPSA) is 101 Å². The molecule has 0 saturated carbocycles. The van der Waals surface area contributed by atoms with Gasteiger partial charge in [-0.05, 0) is 12.1 Å². The fraction of sp³-hybridized carbons (Fsp3) is 0.385. The summed E-state index contributed by atoms with van der Waals surface area (Å²) in [6, 6.07) is 6.18. The van der Waals surface area contributed by atoms with E-state index in [1.807, 2.05) is 0 Å². The maximum Gasteiger partial charge on any atom is 0.248 e. The van der Waals surface area contributed by atoms with Gasteiger partial charge in [0.1, 0.15) is 11.5 Å². The van der Waals surface area contributed by atoms with Crippen molar-refractivity contribution in [3.05, 3.63) is 35.4 Å². The van der Waals surface area contributed by atoms with Crippen molar-refractivity contribution in [3.63, 3.8) is 0 Å². The Kier molecular flexibility index (Phi) is 6.55. The van der Waals surface area contributed by atoms with Crippen LogP contribution >= 0.6 is 0 Å². The van der Waals surface area contributed by atoms with Crippen LogP contribution in [0, 0.1) is 0 Å². The number of carbonyl (C=O) groups is 2. The lowest BCUT2D eigenvalue weighted by atomic mass is 10.1. The highest BCUT2D eigenvalue weighted by molar-refractivity contribution is 7.97. The number of aliphatic hydroxyl groups is 2. The van der Waals surface area contributed by atoms with Crippen molar-refractivity contribution in [2.45, 2.75) is 0 Å². The van der Waals surface area contributed by atoms with Crippen LogP contribution in [0.15, 0.2) is 24.3 Å². The molecule has 104 valence electrons. The van der Waals surface area contributed by atoms with Gasteiger partial charge in [-0.3, -0.25) is 9.59 Å². The molecule has 19 heavy (non-hydrogen) atoms. The van der Waals surface area contributed by atoms with Gasteiger partial charge in [-0.2, -0.15) is 0 Å². The van der Waals surface area contributed by atoms with Gasteiger partial charge >= 0.3 is 0 Å². The molecule has 1 aromatic rings. The molecule has 6 heteroatoms. The Morgan fingerprint density at radius 1 is 1.00 bits per heavy atom. The molecule has 0 saturated heterocycles. The molecule has 0 unspecified atom stereocenters. The van der Waals surface area contributed by atoms with E-state index in [-0.39, 0.29) is 29.9 Å². The van der Waals surface area contributed by atoms with Crippen LogP contribution in [-0.2, 0) is 10.9 Å². The van der Waals surface area contributed by atoms with E-state index in [2.05, 4.69) is 0 Å². The number of rotatable bonds is 8. The van der Waals surface area contributed by atoms with E-state index in [9.17, 15) is 9.59 Å². The molecule has 5 nitrogen and oxygen atoms in total. The summed E-state index contributed by atoms with van der Waals surface area (Å²) in [5.74, 6) is 0.759. The standard InChI is InChI=1S/C13H17NO4S/c14-13(18)11-3-1-10(2-4-11)12(17)9-19(7-5-15)8-6-16/h1-4,15-16H,5-9H2,(H-,14,18)/p+1. The first-order chi connectivity index (χ1) is 9.08. The van der Waals surface area contributed by atoms with Crippen molar-refractivity contribution in [2.24, 2.45) is 5.73 Å². The minimum Gasteiger partial charge on any atom is -0.391 e. The Balaban J connectivity index is 2.68. The van der Waals surface area contributed by atoms with E-state index in [1.54, 1.807) is 12.1 Å². The predicted molar refractivity (Wildman–Crippen MR) is 75.4 cm³/mol. The Hall–Kier alpha value is -1.37. The van der Waals surface area contributed by atoms with Gasteiger partial charge in [0.25, 0.3) is 0 Å². The maximum atomic E-state index is 12.0. The number of hydrogen-bond acceptors (Lipinski definition) is 4.